The molecule has 146 valence electrons. The molecule has 4 rings (SSSR count). The second-order valence-corrected chi connectivity index (χ2v) is 7.43. The van der Waals surface area contributed by atoms with E-state index in [0.29, 0.717) is 11.8 Å². The standard InChI is InChI=1S/C21H26N6O/c1-14(2)28-19-6-5-16(13-25-19)17-10-18-20(24-9-8-23-18)21(27-17)26-12-15-4-3-7-22-11-15/h5-6,8-10,13-15,22H,3-4,7,11-12H2,1-2H3,(H,26,27)/t15-/m0/s1. The van der Waals surface area contributed by atoms with Crippen molar-refractivity contribution in [1.29, 1.82) is 0 Å². The molecule has 1 atom stereocenters. The minimum Gasteiger partial charge on any atom is -0.475 e. The lowest BCUT2D eigenvalue weighted by atomic mass is 10.00. The summed E-state index contributed by atoms with van der Waals surface area (Å²) in [4.78, 5) is 18.2. The predicted octanol–water partition coefficient (Wildman–Crippen LogP) is 3.29. The van der Waals surface area contributed by atoms with Crippen LogP contribution in [0.4, 0.5) is 5.82 Å². The van der Waals surface area contributed by atoms with Gasteiger partial charge in [0.1, 0.15) is 5.52 Å². The second kappa shape index (κ2) is 8.48. The Balaban J connectivity index is 1.61. The number of piperidine rings is 1. The molecular weight excluding hydrogens is 352 g/mol. The van der Waals surface area contributed by atoms with Gasteiger partial charge in [0.05, 0.1) is 17.3 Å². The summed E-state index contributed by atoms with van der Waals surface area (Å²) < 4.78 is 5.63. The Morgan fingerprint density at radius 2 is 2.11 bits per heavy atom. The first-order valence-electron chi connectivity index (χ1n) is 9.88. The number of anilines is 1. The Hall–Kier alpha value is -2.80. The van der Waals surface area contributed by atoms with Crippen LogP contribution < -0.4 is 15.4 Å². The minimum absolute atomic E-state index is 0.0949. The third kappa shape index (κ3) is 4.36. The fraction of sp³-hybridized carbons (Fsp3) is 0.429. The van der Waals surface area contributed by atoms with Gasteiger partial charge in [-0.05, 0) is 57.8 Å². The molecule has 0 aromatic carbocycles. The number of pyridine rings is 2. The molecule has 1 aliphatic heterocycles. The third-order valence-corrected chi connectivity index (χ3v) is 4.80. The van der Waals surface area contributed by atoms with Crippen LogP contribution in [0.5, 0.6) is 5.88 Å². The molecule has 28 heavy (non-hydrogen) atoms. The van der Waals surface area contributed by atoms with Gasteiger partial charge in [-0.15, -0.1) is 0 Å². The van der Waals surface area contributed by atoms with Crippen molar-refractivity contribution in [2.75, 3.05) is 25.0 Å². The van der Waals surface area contributed by atoms with Gasteiger partial charge in [-0.3, -0.25) is 4.98 Å². The average Bonchev–Trinajstić information content (AvgIpc) is 2.73. The van der Waals surface area contributed by atoms with Crippen molar-refractivity contribution in [3.8, 4) is 17.1 Å². The van der Waals surface area contributed by atoms with Crippen LogP contribution in [0.15, 0.2) is 36.8 Å². The highest BCUT2D eigenvalue weighted by atomic mass is 16.5. The van der Waals surface area contributed by atoms with Crippen molar-refractivity contribution in [1.82, 2.24) is 25.3 Å². The highest BCUT2D eigenvalue weighted by Crippen LogP contribution is 2.26. The van der Waals surface area contributed by atoms with E-state index in [4.69, 9.17) is 9.72 Å². The molecule has 0 unspecified atom stereocenters. The lowest BCUT2D eigenvalue weighted by molar-refractivity contribution is 0.232. The van der Waals surface area contributed by atoms with E-state index >= 15 is 0 Å². The van der Waals surface area contributed by atoms with Gasteiger partial charge >= 0.3 is 0 Å². The molecule has 2 N–H and O–H groups in total. The van der Waals surface area contributed by atoms with E-state index in [0.717, 1.165) is 47.7 Å². The van der Waals surface area contributed by atoms with E-state index < -0.39 is 0 Å². The zero-order valence-electron chi connectivity index (χ0n) is 16.4. The number of nitrogens with zero attached hydrogens (tertiary/aromatic N) is 4. The van der Waals surface area contributed by atoms with Gasteiger partial charge in [-0.1, -0.05) is 0 Å². The molecular formula is C21H26N6O. The van der Waals surface area contributed by atoms with Crippen LogP contribution in [0.2, 0.25) is 0 Å². The highest BCUT2D eigenvalue weighted by molar-refractivity contribution is 5.88. The minimum atomic E-state index is 0.0949. The van der Waals surface area contributed by atoms with Crippen molar-refractivity contribution in [2.24, 2.45) is 5.92 Å². The molecule has 1 aliphatic rings. The number of fused-ring (bicyclic) bond motifs is 1. The van der Waals surface area contributed by atoms with Gasteiger partial charge in [0, 0.05) is 36.8 Å². The van der Waals surface area contributed by atoms with Crippen LogP contribution in [0, 0.1) is 5.92 Å². The Morgan fingerprint density at radius 1 is 1.21 bits per heavy atom. The largest absolute Gasteiger partial charge is 0.475 e. The SMILES string of the molecule is CC(C)Oc1ccc(-c2cc3nccnc3c(NC[C@H]3CCCNC3)n2)cn1. The molecule has 0 aliphatic carbocycles. The molecule has 7 heteroatoms. The maximum absolute atomic E-state index is 5.63. The molecule has 0 saturated carbocycles. The van der Waals surface area contributed by atoms with Crippen LogP contribution in [0.3, 0.4) is 0 Å². The third-order valence-electron chi connectivity index (χ3n) is 4.80. The van der Waals surface area contributed by atoms with Crippen molar-refractivity contribution in [2.45, 2.75) is 32.8 Å². The molecule has 7 nitrogen and oxygen atoms in total. The monoisotopic (exact) mass is 378 g/mol. The van der Waals surface area contributed by atoms with Crippen molar-refractivity contribution >= 4 is 16.9 Å². The summed E-state index contributed by atoms with van der Waals surface area (Å²) >= 11 is 0. The number of hydrogen-bond acceptors (Lipinski definition) is 7. The summed E-state index contributed by atoms with van der Waals surface area (Å²) in [6.45, 7) is 6.99. The summed E-state index contributed by atoms with van der Waals surface area (Å²) in [5.74, 6) is 1.98. The Bertz CT molecular complexity index is 922. The van der Waals surface area contributed by atoms with Gasteiger partial charge in [-0.25, -0.2) is 15.0 Å². The summed E-state index contributed by atoms with van der Waals surface area (Å²) in [7, 11) is 0. The lowest BCUT2D eigenvalue weighted by Crippen LogP contribution is -2.33. The van der Waals surface area contributed by atoms with E-state index in [1.807, 2.05) is 32.0 Å². The Morgan fingerprint density at radius 3 is 2.86 bits per heavy atom. The van der Waals surface area contributed by atoms with Crippen molar-refractivity contribution < 1.29 is 4.74 Å². The first-order chi connectivity index (χ1) is 13.7. The molecule has 3 aromatic rings. The summed E-state index contributed by atoms with van der Waals surface area (Å²) in [6, 6.07) is 5.80. The van der Waals surface area contributed by atoms with E-state index in [1.54, 1.807) is 18.6 Å². The number of hydrogen-bond donors (Lipinski definition) is 2. The van der Waals surface area contributed by atoms with Crippen LogP contribution in [0.1, 0.15) is 26.7 Å². The predicted molar refractivity (Wildman–Crippen MR) is 110 cm³/mol. The summed E-state index contributed by atoms with van der Waals surface area (Å²) in [6.07, 6.45) is 7.74. The van der Waals surface area contributed by atoms with E-state index in [9.17, 15) is 0 Å². The molecule has 0 amide bonds. The number of rotatable bonds is 6. The van der Waals surface area contributed by atoms with Gasteiger partial charge in [0.25, 0.3) is 0 Å². The average molecular weight is 378 g/mol. The second-order valence-electron chi connectivity index (χ2n) is 7.43. The number of aromatic nitrogens is 4. The summed E-state index contributed by atoms with van der Waals surface area (Å²) in [5, 5.41) is 6.96. The van der Waals surface area contributed by atoms with E-state index in [2.05, 4.69) is 25.6 Å². The van der Waals surface area contributed by atoms with Crippen LogP contribution in [-0.2, 0) is 0 Å². The topological polar surface area (TPSA) is 84.9 Å². The van der Waals surface area contributed by atoms with Crippen LogP contribution in [0.25, 0.3) is 22.3 Å². The van der Waals surface area contributed by atoms with Gasteiger partial charge in [0.15, 0.2) is 5.82 Å². The van der Waals surface area contributed by atoms with Crippen LogP contribution in [-0.4, -0.2) is 45.7 Å². The smallest absolute Gasteiger partial charge is 0.213 e. The fourth-order valence-corrected chi connectivity index (χ4v) is 3.43. The highest BCUT2D eigenvalue weighted by Gasteiger charge is 2.15. The maximum atomic E-state index is 5.63. The van der Waals surface area contributed by atoms with Crippen LogP contribution >= 0.6 is 0 Å². The Kier molecular flexibility index (Phi) is 5.62. The van der Waals surface area contributed by atoms with Crippen molar-refractivity contribution in [3.05, 3.63) is 36.8 Å². The fourth-order valence-electron chi connectivity index (χ4n) is 3.43. The first-order valence-corrected chi connectivity index (χ1v) is 9.88. The van der Waals surface area contributed by atoms with Crippen molar-refractivity contribution in [3.63, 3.8) is 0 Å². The van der Waals surface area contributed by atoms with Gasteiger partial charge in [0.2, 0.25) is 5.88 Å². The van der Waals surface area contributed by atoms with Gasteiger partial charge < -0.3 is 15.4 Å². The molecule has 0 spiro atoms. The normalized spacial score (nSPS) is 17.0. The quantitative estimate of drug-likeness (QED) is 0.681. The molecule has 0 radical (unpaired) electrons. The van der Waals surface area contributed by atoms with Gasteiger partial charge in [-0.2, -0.15) is 0 Å². The van der Waals surface area contributed by atoms with E-state index in [-0.39, 0.29) is 6.10 Å². The zero-order valence-corrected chi connectivity index (χ0v) is 16.4. The summed E-state index contributed by atoms with van der Waals surface area (Å²) in [5.41, 5.74) is 3.36. The Labute approximate surface area is 165 Å². The lowest BCUT2D eigenvalue weighted by Gasteiger charge is -2.23. The number of ether oxygens (including phenoxy) is 1. The van der Waals surface area contributed by atoms with E-state index in [1.165, 1.54) is 12.8 Å². The zero-order chi connectivity index (χ0) is 19.3. The molecule has 0 bridgehead atoms. The number of nitrogens with one attached hydrogen (secondary N) is 2. The molecule has 1 saturated heterocycles. The first kappa shape index (κ1) is 18.6. The molecule has 1 fully saturated rings. The molecule has 4 heterocycles. The molecule has 3 aromatic heterocycles. The maximum Gasteiger partial charge on any atom is 0.213 e.